The van der Waals surface area contributed by atoms with Crippen molar-refractivity contribution in [1.29, 1.82) is 0 Å². The van der Waals surface area contributed by atoms with Gasteiger partial charge >= 0.3 is 0 Å². The van der Waals surface area contributed by atoms with E-state index < -0.39 is 0 Å². The van der Waals surface area contributed by atoms with Gasteiger partial charge in [0.25, 0.3) is 0 Å². The summed E-state index contributed by atoms with van der Waals surface area (Å²) in [6, 6.07) is 8.08. The van der Waals surface area contributed by atoms with Gasteiger partial charge in [-0.15, -0.1) is 6.58 Å². The second-order valence-corrected chi connectivity index (χ2v) is 4.18. The van der Waals surface area contributed by atoms with E-state index >= 15 is 0 Å². The Morgan fingerprint density at radius 3 is 2.80 bits per heavy atom. The van der Waals surface area contributed by atoms with Crippen LogP contribution < -0.4 is 5.73 Å². The number of nitrogens with two attached hydrogens (primary N) is 1. The van der Waals surface area contributed by atoms with Crippen molar-refractivity contribution in [3.05, 3.63) is 47.5 Å². The summed E-state index contributed by atoms with van der Waals surface area (Å²) < 4.78 is 0. The highest BCUT2D eigenvalue weighted by Gasteiger charge is 2.05. The van der Waals surface area contributed by atoms with E-state index in [1.54, 1.807) is 0 Å². The highest BCUT2D eigenvalue weighted by atomic mass is 35.5. The molecule has 0 aromatic heterocycles. The average Bonchev–Trinajstić information content (AvgIpc) is 2.22. The van der Waals surface area contributed by atoms with Crippen LogP contribution in [-0.4, -0.2) is 6.04 Å². The number of hydrogen-bond donors (Lipinski definition) is 1. The molecule has 0 fully saturated rings. The van der Waals surface area contributed by atoms with E-state index in [0.717, 1.165) is 36.3 Å². The van der Waals surface area contributed by atoms with Crippen molar-refractivity contribution in [2.24, 2.45) is 5.73 Å². The molecular formula is C13H18ClN. The van der Waals surface area contributed by atoms with Crippen molar-refractivity contribution < 1.29 is 0 Å². The van der Waals surface area contributed by atoms with Crippen LogP contribution in [0.4, 0.5) is 0 Å². The summed E-state index contributed by atoms with van der Waals surface area (Å²) in [7, 11) is 0. The first-order valence-electron chi connectivity index (χ1n) is 5.34. The number of halogens is 1. The molecule has 1 nitrogen and oxygen atoms in total. The van der Waals surface area contributed by atoms with Crippen LogP contribution in [0.25, 0.3) is 0 Å². The lowest BCUT2D eigenvalue weighted by Crippen LogP contribution is -2.22. The molecule has 0 aliphatic rings. The Morgan fingerprint density at radius 1 is 1.40 bits per heavy atom. The molecule has 0 saturated heterocycles. The summed E-state index contributed by atoms with van der Waals surface area (Å²) in [6.07, 6.45) is 5.96. The average molecular weight is 224 g/mol. The maximum Gasteiger partial charge on any atom is 0.0438 e. The first kappa shape index (κ1) is 12.3. The quantitative estimate of drug-likeness (QED) is 0.579. The fourth-order valence-electron chi connectivity index (χ4n) is 1.57. The Hall–Kier alpha value is -0.790. The van der Waals surface area contributed by atoms with Crippen molar-refractivity contribution in [2.75, 3.05) is 0 Å². The summed E-state index contributed by atoms with van der Waals surface area (Å²) in [5.41, 5.74) is 7.17. The third-order valence-electron chi connectivity index (χ3n) is 2.42. The molecule has 2 N–H and O–H groups in total. The van der Waals surface area contributed by atoms with Gasteiger partial charge in [0, 0.05) is 11.1 Å². The minimum absolute atomic E-state index is 0.199. The van der Waals surface area contributed by atoms with Crippen molar-refractivity contribution in [3.63, 3.8) is 0 Å². The predicted molar refractivity (Wildman–Crippen MR) is 67.2 cm³/mol. The second kappa shape index (κ2) is 6.65. The van der Waals surface area contributed by atoms with Gasteiger partial charge in [-0.25, -0.2) is 0 Å². The maximum absolute atomic E-state index is 6.06. The zero-order chi connectivity index (χ0) is 11.1. The summed E-state index contributed by atoms with van der Waals surface area (Å²) in [5, 5.41) is 0.816. The molecule has 1 aromatic carbocycles. The molecule has 0 amide bonds. The molecule has 0 spiro atoms. The Kier molecular flexibility index (Phi) is 5.44. The van der Waals surface area contributed by atoms with Crippen LogP contribution in [0.15, 0.2) is 36.9 Å². The Labute approximate surface area is 96.9 Å². The molecular weight excluding hydrogens is 206 g/mol. The summed E-state index contributed by atoms with van der Waals surface area (Å²) in [6.45, 7) is 3.69. The van der Waals surface area contributed by atoms with Crippen LogP contribution in [-0.2, 0) is 6.42 Å². The van der Waals surface area contributed by atoms with Gasteiger partial charge in [-0.05, 0) is 37.3 Å². The minimum Gasteiger partial charge on any atom is -0.327 e. The molecule has 1 rings (SSSR count). The number of benzene rings is 1. The smallest absolute Gasteiger partial charge is 0.0438 e. The fourth-order valence-corrected chi connectivity index (χ4v) is 1.79. The van der Waals surface area contributed by atoms with Gasteiger partial charge in [-0.1, -0.05) is 35.9 Å². The fraction of sp³-hybridized carbons (Fsp3) is 0.385. The van der Waals surface area contributed by atoms with Gasteiger partial charge in [0.2, 0.25) is 0 Å². The van der Waals surface area contributed by atoms with Crippen molar-refractivity contribution in [2.45, 2.75) is 31.7 Å². The summed E-state index contributed by atoms with van der Waals surface area (Å²) >= 11 is 6.06. The van der Waals surface area contributed by atoms with Crippen LogP contribution in [0.2, 0.25) is 5.02 Å². The Balaban J connectivity index is 2.40. The Bertz CT molecular complexity index is 309. The summed E-state index contributed by atoms with van der Waals surface area (Å²) in [4.78, 5) is 0. The minimum atomic E-state index is 0.199. The van der Waals surface area contributed by atoms with E-state index in [2.05, 4.69) is 6.58 Å². The van der Waals surface area contributed by atoms with Crippen molar-refractivity contribution in [1.82, 2.24) is 0 Å². The lowest BCUT2D eigenvalue weighted by molar-refractivity contribution is 0.584. The lowest BCUT2D eigenvalue weighted by atomic mass is 10.0. The molecule has 1 unspecified atom stereocenters. The number of unbranched alkanes of at least 4 members (excludes halogenated alkanes) is 1. The molecule has 0 radical (unpaired) electrons. The van der Waals surface area contributed by atoms with E-state index in [1.807, 2.05) is 30.3 Å². The summed E-state index contributed by atoms with van der Waals surface area (Å²) in [5.74, 6) is 0. The van der Waals surface area contributed by atoms with E-state index in [9.17, 15) is 0 Å². The monoisotopic (exact) mass is 223 g/mol. The van der Waals surface area contributed by atoms with Crippen LogP contribution in [0.5, 0.6) is 0 Å². The van der Waals surface area contributed by atoms with Gasteiger partial charge < -0.3 is 5.73 Å². The van der Waals surface area contributed by atoms with Crippen LogP contribution in [0.3, 0.4) is 0 Å². The molecule has 0 aliphatic heterocycles. The van der Waals surface area contributed by atoms with Gasteiger partial charge in [0.1, 0.15) is 0 Å². The number of hydrogen-bond acceptors (Lipinski definition) is 1. The molecule has 15 heavy (non-hydrogen) atoms. The molecule has 82 valence electrons. The van der Waals surface area contributed by atoms with Gasteiger partial charge in [0.05, 0.1) is 0 Å². The van der Waals surface area contributed by atoms with E-state index in [4.69, 9.17) is 17.3 Å². The highest BCUT2D eigenvalue weighted by molar-refractivity contribution is 6.31. The maximum atomic E-state index is 6.06. The van der Waals surface area contributed by atoms with Crippen LogP contribution in [0, 0.1) is 0 Å². The normalized spacial score (nSPS) is 12.4. The lowest BCUT2D eigenvalue weighted by Gasteiger charge is -2.11. The molecule has 0 saturated carbocycles. The van der Waals surface area contributed by atoms with E-state index in [0.29, 0.717) is 0 Å². The second-order valence-electron chi connectivity index (χ2n) is 3.78. The zero-order valence-electron chi connectivity index (χ0n) is 8.95. The largest absolute Gasteiger partial charge is 0.327 e. The molecule has 0 bridgehead atoms. The third kappa shape index (κ3) is 4.50. The Morgan fingerprint density at radius 2 is 2.13 bits per heavy atom. The predicted octanol–water partition coefficient (Wildman–Crippen LogP) is 3.57. The topological polar surface area (TPSA) is 26.0 Å². The number of allylic oxidation sites excluding steroid dienone is 1. The molecule has 2 heteroatoms. The van der Waals surface area contributed by atoms with Gasteiger partial charge in [0.15, 0.2) is 0 Å². The first-order chi connectivity index (χ1) is 7.24. The van der Waals surface area contributed by atoms with Crippen molar-refractivity contribution in [3.8, 4) is 0 Å². The van der Waals surface area contributed by atoms with E-state index in [1.165, 1.54) is 0 Å². The first-order valence-corrected chi connectivity index (χ1v) is 5.71. The molecule has 0 heterocycles. The van der Waals surface area contributed by atoms with Crippen LogP contribution in [0.1, 0.15) is 24.8 Å². The number of rotatable bonds is 6. The standard InChI is InChI=1S/C13H18ClN/c1-2-3-4-8-12(15)10-11-7-5-6-9-13(11)14/h2,5-7,9,12H,1,3-4,8,10,15H2. The zero-order valence-corrected chi connectivity index (χ0v) is 9.71. The van der Waals surface area contributed by atoms with E-state index in [-0.39, 0.29) is 6.04 Å². The molecule has 1 atom stereocenters. The third-order valence-corrected chi connectivity index (χ3v) is 2.79. The van der Waals surface area contributed by atoms with Gasteiger partial charge in [-0.3, -0.25) is 0 Å². The SMILES string of the molecule is C=CCCCC(N)Cc1ccccc1Cl. The van der Waals surface area contributed by atoms with Crippen LogP contribution >= 0.6 is 11.6 Å². The molecule has 1 aromatic rings. The highest BCUT2D eigenvalue weighted by Crippen LogP contribution is 2.17. The van der Waals surface area contributed by atoms with Gasteiger partial charge in [-0.2, -0.15) is 0 Å². The molecule has 0 aliphatic carbocycles. The van der Waals surface area contributed by atoms with Crippen molar-refractivity contribution >= 4 is 11.6 Å².